The molecular weight excluding hydrogens is 635 g/mol. The van der Waals surface area contributed by atoms with Crippen molar-refractivity contribution in [1.82, 2.24) is 0 Å². The first-order valence-electron chi connectivity index (χ1n) is 17.0. The molecule has 8 heteroatoms. The fraction of sp³-hybridized carbons (Fsp3) is 1.00. The van der Waals surface area contributed by atoms with Gasteiger partial charge >= 0.3 is 0 Å². The molecule has 0 radical (unpaired) electrons. The zero-order chi connectivity index (χ0) is 29.6. The van der Waals surface area contributed by atoms with Crippen LogP contribution in [0.1, 0.15) is 116 Å². The van der Waals surface area contributed by atoms with Gasteiger partial charge in [0, 0.05) is 13.2 Å². The van der Waals surface area contributed by atoms with E-state index in [0.29, 0.717) is 79.3 Å². The van der Waals surface area contributed by atoms with Crippen LogP contribution in [0.3, 0.4) is 0 Å². The van der Waals surface area contributed by atoms with Gasteiger partial charge in [-0.2, -0.15) is 0 Å². The molecule has 0 aliphatic heterocycles. The summed E-state index contributed by atoms with van der Waals surface area (Å²) in [5.74, 6) is 0. The molecule has 0 saturated heterocycles. The zero-order valence-electron chi connectivity index (χ0n) is 26.9. The first-order chi connectivity index (χ1) is 20.4. The molecule has 0 N–H and O–H groups in total. The van der Waals surface area contributed by atoms with Crippen molar-refractivity contribution in [2.45, 2.75) is 116 Å². The Labute approximate surface area is 267 Å². The minimum atomic E-state index is 0.567. The lowest BCUT2D eigenvalue weighted by Gasteiger charge is -2.08. The summed E-state index contributed by atoms with van der Waals surface area (Å²) in [6.45, 7) is 11.2. The third kappa shape index (κ3) is 40.5. The highest BCUT2D eigenvalue weighted by atomic mass is 127. The Morgan fingerprint density at radius 3 is 0.756 bits per heavy atom. The Bertz CT molecular complexity index is 408. The molecule has 0 aromatic rings. The smallest absolute Gasteiger partial charge is 0.0701 e. The standard InChI is InChI=1S/C33H67IO7/c1-2-3-4-5-6-7-8-9-10-11-12-14-17-20-35-22-24-37-26-28-39-30-32-41-33-31-40-29-27-38-25-23-36-21-18-15-13-16-19-34/h2-33H2,1H3. The number of rotatable bonds is 38. The van der Waals surface area contributed by atoms with Gasteiger partial charge in [0.2, 0.25) is 0 Å². The molecule has 0 saturated carbocycles. The van der Waals surface area contributed by atoms with Crippen LogP contribution in [0.5, 0.6) is 0 Å². The second-order valence-electron chi connectivity index (χ2n) is 10.6. The van der Waals surface area contributed by atoms with Gasteiger partial charge in [-0.05, 0) is 23.7 Å². The summed E-state index contributed by atoms with van der Waals surface area (Å²) in [6.07, 6.45) is 22.9. The Morgan fingerprint density at radius 1 is 0.268 bits per heavy atom. The molecule has 7 nitrogen and oxygen atoms in total. The lowest BCUT2D eigenvalue weighted by Crippen LogP contribution is -2.14. The Morgan fingerprint density at radius 2 is 0.488 bits per heavy atom. The molecule has 0 spiro atoms. The van der Waals surface area contributed by atoms with Crippen LogP contribution in [0.15, 0.2) is 0 Å². The van der Waals surface area contributed by atoms with Crippen LogP contribution < -0.4 is 0 Å². The van der Waals surface area contributed by atoms with Crippen molar-refractivity contribution < 1.29 is 33.2 Å². The van der Waals surface area contributed by atoms with Crippen LogP contribution in [-0.2, 0) is 33.2 Å². The monoisotopic (exact) mass is 702 g/mol. The minimum Gasteiger partial charge on any atom is -0.379 e. The predicted octanol–water partition coefficient (Wildman–Crippen LogP) is 8.19. The first-order valence-corrected chi connectivity index (χ1v) is 18.5. The molecule has 0 aliphatic rings. The molecule has 0 fully saturated rings. The van der Waals surface area contributed by atoms with Gasteiger partial charge in [-0.1, -0.05) is 119 Å². The van der Waals surface area contributed by atoms with E-state index in [2.05, 4.69) is 29.5 Å². The maximum atomic E-state index is 5.67. The number of ether oxygens (including phenoxy) is 7. The summed E-state index contributed by atoms with van der Waals surface area (Å²) in [7, 11) is 0. The molecule has 0 heterocycles. The number of halogens is 1. The van der Waals surface area contributed by atoms with Gasteiger partial charge in [-0.3, -0.25) is 0 Å². The van der Waals surface area contributed by atoms with Gasteiger partial charge in [-0.25, -0.2) is 0 Å². The van der Waals surface area contributed by atoms with E-state index >= 15 is 0 Å². The average Bonchev–Trinajstić information content (AvgIpc) is 2.98. The summed E-state index contributed by atoms with van der Waals surface area (Å²) in [5, 5.41) is 0. The van der Waals surface area contributed by atoms with Gasteiger partial charge in [0.25, 0.3) is 0 Å². The van der Waals surface area contributed by atoms with E-state index in [9.17, 15) is 0 Å². The molecule has 248 valence electrons. The van der Waals surface area contributed by atoms with Crippen molar-refractivity contribution in [3.05, 3.63) is 0 Å². The molecule has 0 aliphatic carbocycles. The van der Waals surface area contributed by atoms with E-state index < -0.39 is 0 Å². The second kappa shape index (κ2) is 40.5. The van der Waals surface area contributed by atoms with Crippen LogP contribution in [0, 0.1) is 0 Å². The summed E-state index contributed by atoms with van der Waals surface area (Å²) < 4.78 is 40.1. The van der Waals surface area contributed by atoms with Crippen LogP contribution in [0.25, 0.3) is 0 Å². The lowest BCUT2D eigenvalue weighted by molar-refractivity contribution is -0.0206. The fourth-order valence-electron chi connectivity index (χ4n) is 4.30. The molecule has 0 aromatic carbocycles. The van der Waals surface area contributed by atoms with Gasteiger partial charge in [0.15, 0.2) is 0 Å². The SMILES string of the molecule is CCCCCCCCCCCCCCCOCCOCCOCCOCCOCCOCCOCCCCCCI. The molecule has 0 atom stereocenters. The molecule has 0 unspecified atom stereocenters. The zero-order valence-corrected chi connectivity index (χ0v) is 29.0. The first kappa shape index (κ1) is 41.4. The quantitative estimate of drug-likeness (QED) is 0.0365. The van der Waals surface area contributed by atoms with Gasteiger partial charge in [-0.15, -0.1) is 0 Å². The molecule has 0 amide bonds. The Balaban J connectivity index is 3.02. The van der Waals surface area contributed by atoms with E-state index in [1.165, 1.54) is 101 Å². The topological polar surface area (TPSA) is 64.6 Å². The Hall–Kier alpha value is 0.450. The predicted molar refractivity (Wildman–Crippen MR) is 179 cm³/mol. The molecule has 0 aromatic heterocycles. The van der Waals surface area contributed by atoms with Crippen molar-refractivity contribution >= 4 is 22.6 Å². The van der Waals surface area contributed by atoms with Crippen molar-refractivity contribution in [3.8, 4) is 0 Å². The number of hydrogen-bond donors (Lipinski definition) is 0. The highest BCUT2D eigenvalue weighted by molar-refractivity contribution is 14.1. The summed E-state index contributed by atoms with van der Waals surface area (Å²) in [4.78, 5) is 0. The highest BCUT2D eigenvalue weighted by Gasteiger charge is 1.97. The second-order valence-corrected chi connectivity index (χ2v) is 11.7. The van der Waals surface area contributed by atoms with E-state index in [4.69, 9.17) is 33.2 Å². The third-order valence-electron chi connectivity index (χ3n) is 6.80. The summed E-state index contributed by atoms with van der Waals surface area (Å²) >= 11 is 2.43. The van der Waals surface area contributed by atoms with Crippen molar-refractivity contribution in [1.29, 1.82) is 0 Å². The third-order valence-corrected chi connectivity index (χ3v) is 7.56. The van der Waals surface area contributed by atoms with Crippen LogP contribution in [-0.4, -0.2) is 96.9 Å². The highest BCUT2D eigenvalue weighted by Crippen LogP contribution is 2.12. The summed E-state index contributed by atoms with van der Waals surface area (Å²) in [6, 6.07) is 0. The average molecular weight is 703 g/mol. The van der Waals surface area contributed by atoms with E-state index in [1.54, 1.807) is 0 Å². The Kier molecular flexibility index (Phi) is 40.9. The summed E-state index contributed by atoms with van der Waals surface area (Å²) in [5.41, 5.74) is 0. The van der Waals surface area contributed by atoms with E-state index in [1.807, 2.05) is 0 Å². The largest absolute Gasteiger partial charge is 0.379 e. The van der Waals surface area contributed by atoms with Gasteiger partial charge < -0.3 is 33.2 Å². The normalized spacial score (nSPS) is 11.6. The molecule has 0 rings (SSSR count). The molecule has 0 bridgehead atoms. The van der Waals surface area contributed by atoms with Crippen molar-refractivity contribution in [2.24, 2.45) is 0 Å². The number of hydrogen-bond acceptors (Lipinski definition) is 7. The van der Waals surface area contributed by atoms with Crippen LogP contribution in [0.4, 0.5) is 0 Å². The minimum absolute atomic E-state index is 0.567. The van der Waals surface area contributed by atoms with E-state index in [0.717, 1.165) is 26.1 Å². The van der Waals surface area contributed by atoms with Crippen molar-refractivity contribution in [2.75, 3.05) is 96.9 Å². The lowest BCUT2D eigenvalue weighted by atomic mass is 10.0. The van der Waals surface area contributed by atoms with Crippen molar-refractivity contribution in [3.63, 3.8) is 0 Å². The van der Waals surface area contributed by atoms with E-state index in [-0.39, 0.29) is 0 Å². The maximum Gasteiger partial charge on any atom is 0.0701 e. The van der Waals surface area contributed by atoms with Crippen LogP contribution in [0.2, 0.25) is 0 Å². The maximum absolute atomic E-state index is 5.67. The van der Waals surface area contributed by atoms with Crippen LogP contribution >= 0.6 is 22.6 Å². The number of unbranched alkanes of at least 4 members (excludes halogenated alkanes) is 15. The molecular formula is C33H67IO7. The number of alkyl halides is 1. The molecule has 41 heavy (non-hydrogen) atoms. The fourth-order valence-corrected chi connectivity index (χ4v) is 4.83. The van der Waals surface area contributed by atoms with Gasteiger partial charge in [0.1, 0.15) is 0 Å². The van der Waals surface area contributed by atoms with Gasteiger partial charge in [0.05, 0.1) is 79.3 Å².